The van der Waals surface area contributed by atoms with Crippen LogP contribution in [0.25, 0.3) is 0 Å². The van der Waals surface area contributed by atoms with E-state index < -0.39 is 14.9 Å². The van der Waals surface area contributed by atoms with Crippen LogP contribution in [-0.4, -0.2) is 41.8 Å². The van der Waals surface area contributed by atoms with E-state index in [0.29, 0.717) is 13.0 Å². The average Bonchev–Trinajstić information content (AvgIpc) is 2.39. The van der Waals surface area contributed by atoms with Crippen LogP contribution in [0.3, 0.4) is 0 Å². The monoisotopic (exact) mass is 286 g/mol. The quantitative estimate of drug-likeness (QED) is 0.621. The van der Waals surface area contributed by atoms with E-state index in [2.05, 4.69) is 4.98 Å². The summed E-state index contributed by atoms with van der Waals surface area (Å²) in [4.78, 5) is 13.3. The van der Waals surface area contributed by atoms with Gasteiger partial charge in [0.15, 0.2) is 6.20 Å². The SMILES string of the molecule is NC1CCCN(S(=O)(=O)c2ccc([N+](=O)[O-])nc2)C1. The number of rotatable bonds is 3. The van der Waals surface area contributed by atoms with E-state index in [1.54, 1.807) is 0 Å². The molecule has 2 heterocycles. The normalized spacial score (nSPS) is 21.2. The summed E-state index contributed by atoms with van der Waals surface area (Å²) in [7, 11) is -3.67. The fourth-order valence-corrected chi connectivity index (χ4v) is 3.46. The van der Waals surface area contributed by atoms with Gasteiger partial charge in [0.05, 0.1) is 0 Å². The minimum absolute atomic E-state index is 0.0489. The molecular formula is C10H14N4O4S. The Labute approximate surface area is 110 Å². The Morgan fingerprint density at radius 3 is 2.74 bits per heavy atom. The molecule has 1 aliphatic heterocycles. The molecule has 1 atom stereocenters. The van der Waals surface area contributed by atoms with Crippen LogP contribution in [0.1, 0.15) is 12.8 Å². The van der Waals surface area contributed by atoms with Gasteiger partial charge in [0.1, 0.15) is 4.90 Å². The largest absolute Gasteiger partial charge is 0.363 e. The summed E-state index contributed by atoms with van der Waals surface area (Å²) >= 11 is 0. The molecule has 1 aromatic rings. The van der Waals surface area contributed by atoms with Gasteiger partial charge >= 0.3 is 5.82 Å². The van der Waals surface area contributed by atoms with Crippen LogP contribution in [0.5, 0.6) is 0 Å². The molecule has 1 aliphatic rings. The van der Waals surface area contributed by atoms with Gasteiger partial charge in [-0.2, -0.15) is 4.31 Å². The highest BCUT2D eigenvalue weighted by Crippen LogP contribution is 2.20. The van der Waals surface area contributed by atoms with E-state index in [-0.39, 0.29) is 23.3 Å². The molecular weight excluding hydrogens is 272 g/mol. The third-order valence-electron chi connectivity index (χ3n) is 2.97. The number of nitrogens with zero attached hydrogens (tertiary/aromatic N) is 3. The smallest absolute Gasteiger partial charge is 0.358 e. The summed E-state index contributed by atoms with van der Waals surface area (Å²) in [5.41, 5.74) is 5.75. The van der Waals surface area contributed by atoms with Crippen molar-refractivity contribution in [1.82, 2.24) is 9.29 Å². The Morgan fingerprint density at radius 2 is 2.21 bits per heavy atom. The van der Waals surface area contributed by atoms with Crippen molar-refractivity contribution in [3.63, 3.8) is 0 Å². The third kappa shape index (κ3) is 2.88. The molecule has 1 unspecified atom stereocenters. The molecule has 0 spiro atoms. The van der Waals surface area contributed by atoms with E-state index in [9.17, 15) is 18.5 Å². The van der Waals surface area contributed by atoms with Crippen LogP contribution >= 0.6 is 0 Å². The first-order valence-electron chi connectivity index (χ1n) is 5.77. The lowest BCUT2D eigenvalue weighted by Crippen LogP contribution is -2.45. The number of hydrogen-bond donors (Lipinski definition) is 1. The van der Waals surface area contributed by atoms with Gasteiger partial charge in [-0.3, -0.25) is 0 Å². The number of aromatic nitrogens is 1. The van der Waals surface area contributed by atoms with Crippen LogP contribution < -0.4 is 5.73 Å². The highest BCUT2D eigenvalue weighted by atomic mass is 32.2. The summed E-state index contributed by atoms with van der Waals surface area (Å²) in [6.45, 7) is 0.673. The maximum absolute atomic E-state index is 12.3. The van der Waals surface area contributed by atoms with Crippen LogP contribution in [0.4, 0.5) is 5.82 Å². The standard InChI is InChI=1S/C10H14N4O4S/c11-8-2-1-5-13(7-8)19(17,18)9-3-4-10(12-6-9)14(15)16/h3-4,6,8H,1-2,5,7,11H2. The molecule has 9 heteroatoms. The summed E-state index contributed by atoms with van der Waals surface area (Å²) < 4.78 is 25.8. The Balaban J connectivity index is 2.26. The number of hydrogen-bond acceptors (Lipinski definition) is 6. The molecule has 0 saturated carbocycles. The molecule has 8 nitrogen and oxygen atoms in total. The fraction of sp³-hybridized carbons (Fsp3) is 0.500. The van der Waals surface area contributed by atoms with Crippen molar-refractivity contribution < 1.29 is 13.3 Å². The third-order valence-corrected chi connectivity index (χ3v) is 4.81. The van der Waals surface area contributed by atoms with Gasteiger partial charge in [-0.15, -0.1) is 0 Å². The maximum atomic E-state index is 12.3. The van der Waals surface area contributed by atoms with Crippen molar-refractivity contribution in [2.75, 3.05) is 13.1 Å². The van der Waals surface area contributed by atoms with Gasteiger partial charge in [0, 0.05) is 25.2 Å². The van der Waals surface area contributed by atoms with Gasteiger partial charge < -0.3 is 15.8 Å². The zero-order valence-electron chi connectivity index (χ0n) is 10.1. The topological polar surface area (TPSA) is 119 Å². The van der Waals surface area contributed by atoms with E-state index in [4.69, 9.17) is 5.73 Å². The zero-order chi connectivity index (χ0) is 14.0. The molecule has 104 valence electrons. The van der Waals surface area contributed by atoms with Crippen molar-refractivity contribution in [2.45, 2.75) is 23.8 Å². The summed E-state index contributed by atoms with van der Waals surface area (Å²) in [6, 6.07) is 2.10. The Morgan fingerprint density at radius 1 is 1.47 bits per heavy atom. The Hall–Kier alpha value is -1.58. The molecule has 1 fully saturated rings. The van der Waals surface area contributed by atoms with Gasteiger partial charge in [0.25, 0.3) is 0 Å². The summed E-state index contributed by atoms with van der Waals surface area (Å²) in [5, 5.41) is 10.5. The number of nitro groups is 1. The highest BCUT2D eigenvalue weighted by Gasteiger charge is 2.30. The van der Waals surface area contributed by atoms with E-state index in [0.717, 1.165) is 18.7 Å². The maximum Gasteiger partial charge on any atom is 0.363 e. The number of sulfonamides is 1. The average molecular weight is 286 g/mol. The lowest BCUT2D eigenvalue weighted by Gasteiger charge is -2.29. The number of piperidine rings is 1. The van der Waals surface area contributed by atoms with E-state index in [1.165, 1.54) is 10.4 Å². The summed E-state index contributed by atoms with van der Waals surface area (Å²) in [5.74, 6) is -0.380. The van der Waals surface area contributed by atoms with Gasteiger partial charge in [-0.25, -0.2) is 8.42 Å². The van der Waals surface area contributed by atoms with Crippen LogP contribution in [0, 0.1) is 10.1 Å². The van der Waals surface area contributed by atoms with Gasteiger partial charge in [0.2, 0.25) is 10.0 Å². The van der Waals surface area contributed by atoms with Gasteiger partial charge in [-0.05, 0) is 28.8 Å². The molecule has 2 rings (SSSR count). The van der Waals surface area contributed by atoms with Crippen LogP contribution in [-0.2, 0) is 10.0 Å². The van der Waals surface area contributed by atoms with Crippen molar-refractivity contribution >= 4 is 15.8 Å². The predicted octanol–water partition coefficient (Wildman–Crippen LogP) is 0.102. The highest BCUT2D eigenvalue weighted by molar-refractivity contribution is 7.89. The first-order valence-corrected chi connectivity index (χ1v) is 7.21. The zero-order valence-corrected chi connectivity index (χ0v) is 10.9. The first kappa shape index (κ1) is 13.8. The van der Waals surface area contributed by atoms with E-state index >= 15 is 0 Å². The Bertz CT molecular complexity index is 572. The second-order valence-electron chi connectivity index (χ2n) is 4.37. The van der Waals surface area contributed by atoms with Crippen LogP contribution in [0.2, 0.25) is 0 Å². The lowest BCUT2D eigenvalue weighted by atomic mass is 10.1. The second-order valence-corrected chi connectivity index (χ2v) is 6.31. The molecule has 2 N–H and O–H groups in total. The molecule has 1 aromatic heterocycles. The number of nitrogens with two attached hydrogens (primary N) is 1. The van der Waals surface area contributed by atoms with E-state index in [1.807, 2.05) is 0 Å². The predicted molar refractivity (Wildman–Crippen MR) is 66.9 cm³/mol. The molecule has 0 radical (unpaired) electrons. The minimum Gasteiger partial charge on any atom is -0.358 e. The fourth-order valence-electron chi connectivity index (χ4n) is 1.97. The van der Waals surface area contributed by atoms with Crippen LogP contribution in [0.15, 0.2) is 23.2 Å². The first-order chi connectivity index (χ1) is 8.91. The van der Waals surface area contributed by atoms with Crippen molar-refractivity contribution in [1.29, 1.82) is 0 Å². The second kappa shape index (κ2) is 5.19. The van der Waals surface area contributed by atoms with Crippen molar-refractivity contribution in [2.24, 2.45) is 5.73 Å². The Kier molecular flexibility index (Phi) is 3.78. The molecule has 0 aliphatic carbocycles. The van der Waals surface area contributed by atoms with Crippen molar-refractivity contribution in [3.05, 3.63) is 28.4 Å². The molecule has 19 heavy (non-hydrogen) atoms. The molecule has 0 amide bonds. The molecule has 0 aromatic carbocycles. The van der Waals surface area contributed by atoms with Crippen molar-refractivity contribution in [3.8, 4) is 0 Å². The summed E-state index contributed by atoms with van der Waals surface area (Å²) in [6.07, 6.45) is 2.51. The minimum atomic E-state index is -3.67. The number of pyridine rings is 1. The van der Waals surface area contributed by atoms with Gasteiger partial charge in [-0.1, -0.05) is 0 Å². The molecule has 0 bridgehead atoms. The molecule has 1 saturated heterocycles. The lowest BCUT2D eigenvalue weighted by molar-refractivity contribution is -0.389.